The molecular weight excluding hydrogens is 344 g/mol. The zero-order valence-corrected chi connectivity index (χ0v) is 14.7. The Morgan fingerprint density at radius 2 is 2.00 bits per heavy atom. The number of carbonyl (C=O) groups excluding carboxylic acids is 1. The minimum absolute atomic E-state index is 0.378. The molecule has 0 aromatic rings. The van der Waals surface area contributed by atoms with E-state index in [4.69, 9.17) is 14.2 Å². The summed E-state index contributed by atoms with van der Waals surface area (Å²) in [4.78, 5) is 12.1. The Labute approximate surface area is 151 Å². The molecule has 0 bridgehead atoms. The maximum absolute atomic E-state index is 12.1. The highest BCUT2D eigenvalue weighted by molar-refractivity contribution is 5.96. The molecule has 0 saturated carbocycles. The molecule has 7 atom stereocenters. The van der Waals surface area contributed by atoms with E-state index < -0.39 is 43.4 Å². The van der Waals surface area contributed by atoms with Gasteiger partial charge >= 0.3 is 5.97 Å². The van der Waals surface area contributed by atoms with Crippen LogP contribution in [-0.4, -0.2) is 75.9 Å². The van der Waals surface area contributed by atoms with Gasteiger partial charge in [0.15, 0.2) is 6.29 Å². The minimum Gasteiger partial charge on any atom is -0.454 e. The second kappa shape index (κ2) is 8.16. The third-order valence-electron chi connectivity index (χ3n) is 5.08. The van der Waals surface area contributed by atoms with Gasteiger partial charge in [0.2, 0.25) is 0 Å². The molecule has 1 fully saturated rings. The lowest BCUT2D eigenvalue weighted by atomic mass is 9.90. The fourth-order valence-electron chi connectivity index (χ4n) is 3.60. The van der Waals surface area contributed by atoms with E-state index in [2.05, 4.69) is 6.92 Å². The van der Waals surface area contributed by atoms with E-state index >= 15 is 0 Å². The first-order chi connectivity index (χ1) is 12.5. The fraction of sp³-hybridized carbons (Fsp3) is 0.722. The Kier molecular flexibility index (Phi) is 6.11. The van der Waals surface area contributed by atoms with Crippen LogP contribution in [0.3, 0.4) is 0 Å². The lowest BCUT2D eigenvalue weighted by Gasteiger charge is -2.41. The van der Waals surface area contributed by atoms with Crippen molar-refractivity contribution in [2.45, 2.75) is 75.5 Å². The summed E-state index contributed by atoms with van der Waals surface area (Å²) in [7, 11) is 0. The van der Waals surface area contributed by atoms with E-state index in [0.717, 1.165) is 18.4 Å². The number of carbonyl (C=O) groups is 1. The average molecular weight is 370 g/mol. The number of cyclic esters (lactones) is 1. The van der Waals surface area contributed by atoms with E-state index in [1.807, 2.05) is 0 Å². The quantitative estimate of drug-likeness (QED) is 0.463. The molecule has 1 aliphatic carbocycles. The van der Waals surface area contributed by atoms with Crippen LogP contribution in [0.4, 0.5) is 0 Å². The van der Waals surface area contributed by atoms with E-state index in [9.17, 15) is 25.2 Å². The first kappa shape index (κ1) is 19.5. The van der Waals surface area contributed by atoms with Crippen LogP contribution in [0.15, 0.2) is 23.3 Å². The van der Waals surface area contributed by atoms with Crippen molar-refractivity contribution < 1.29 is 39.4 Å². The number of unbranched alkanes of at least 4 members (excludes halogenated alkanes) is 1. The minimum atomic E-state index is -1.50. The highest BCUT2D eigenvalue weighted by Gasteiger charge is 2.46. The second-order valence-electron chi connectivity index (χ2n) is 6.87. The third-order valence-corrected chi connectivity index (χ3v) is 5.08. The summed E-state index contributed by atoms with van der Waals surface area (Å²) in [6.45, 7) is 1.53. The zero-order valence-electron chi connectivity index (χ0n) is 14.7. The molecular formula is C18H26O8. The Bertz CT molecular complexity index is 584. The highest BCUT2D eigenvalue weighted by atomic mass is 16.7. The Morgan fingerprint density at radius 1 is 1.23 bits per heavy atom. The molecule has 3 aliphatic rings. The van der Waals surface area contributed by atoms with Crippen molar-refractivity contribution in [1.29, 1.82) is 0 Å². The van der Waals surface area contributed by atoms with Crippen molar-refractivity contribution in [3.05, 3.63) is 23.3 Å². The molecule has 8 nitrogen and oxygen atoms in total. The predicted molar refractivity (Wildman–Crippen MR) is 88.8 cm³/mol. The standard InChI is InChI=1S/C18H26O8/c1-2-3-6-10-13-9(17(23)24-10)5-4-7-11(13)25-18-16(22)15(21)14(20)12(8-19)26-18/h4-5,10-12,14-16,18-22H,2-3,6-8H2,1H3/t10-,11-,12+,14+,15-,16+,18+/m0/s1. The summed E-state index contributed by atoms with van der Waals surface area (Å²) < 4.78 is 16.8. The van der Waals surface area contributed by atoms with Gasteiger partial charge < -0.3 is 34.6 Å². The number of aliphatic hydroxyl groups excluding tert-OH is 4. The number of hydrogen-bond acceptors (Lipinski definition) is 8. The van der Waals surface area contributed by atoms with Crippen molar-refractivity contribution >= 4 is 5.97 Å². The van der Waals surface area contributed by atoms with E-state index in [-0.39, 0.29) is 12.1 Å². The molecule has 0 aromatic heterocycles. The van der Waals surface area contributed by atoms with Crippen LogP contribution in [0.5, 0.6) is 0 Å². The summed E-state index contributed by atoms with van der Waals surface area (Å²) in [5.41, 5.74) is 1.19. The number of esters is 1. The van der Waals surface area contributed by atoms with Crippen LogP contribution in [0.1, 0.15) is 32.6 Å². The van der Waals surface area contributed by atoms with Gasteiger partial charge in [-0.3, -0.25) is 0 Å². The van der Waals surface area contributed by atoms with Gasteiger partial charge in [-0.05, 0) is 19.3 Å². The fourth-order valence-corrected chi connectivity index (χ4v) is 3.60. The number of hydrogen-bond donors (Lipinski definition) is 4. The smallest absolute Gasteiger partial charge is 0.338 e. The van der Waals surface area contributed by atoms with Gasteiger partial charge in [0.1, 0.15) is 30.5 Å². The molecule has 146 valence electrons. The summed E-state index contributed by atoms with van der Waals surface area (Å²) in [5.74, 6) is -0.389. The van der Waals surface area contributed by atoms with Crippen LogP contribution in [0.25, 0.3) is 0 Å². The van der Waals surface area contributed by atoms with Crippen molar-refractivity contribution in [1.82, 2.24) is 0 Å². The molecule has 26 heavy (non-hydrogen) atoms. The van der Waals surface area contributed by atoms with Crippen molar-refractivity contribution in [2.75, 3.05) is 6.61 Å². The topological polar surface area (TPSA) is 126 Å². The second-order valence-corrected chi connectivity index (χ2v) is 6.87. The van der Waals surface area contributed by atoms with Crippen molar-refractivity contribution in [3.63, 3.8) is 0 Å². The van der Waals surface area contributed by atoms with Crippen LogP contribution in [-0.2, 0) is 19.0 Å². The zero-order chi connectivity index (χ0) is 18.8. The van der Waals surface area contributed by atoms with Crippen LogP contribution in [0.2, 0.25) is 0 Å². The number of ether oxygens (including phenoxy) is 3. The normalized spacial score (nSPS) is 39.9. The summed E-state index contributed by atoms with van der Waals surface area (Å²) >= 11 is 0. The Morgan fingerprint density at radius 3 is 2.69 bits per heavy atom. The van der Waals surface area contributed by atoms with Crippen LogP contribution < -0.4 is 0 Å². The number of rotatable bonds is 6. The van der Waals surface area contributed by atoms with Gasteiger partial charge in [0.05, 0.1) is 18.3 Å². The lowest BCUT2D eigenvalue weighted by Crippen LogP contribution is -2.59. The summed E-state index contributed by atoms with van der Waals surface area (Å²) in [6.07, 6.45) is -1.11. The van der Waals surface area contributed by atoms with Gasteiger partial charge in [-0.15, -0.1) is 0 Å². The maximum Gasteiger partial charge on any atom is 0.338 e. The molecule has 1 saturated heterocycles. The molecule has 3 rings (SSSR count). The molecule has 0 aromatic carbocycles. The Hall–Kier alpha value is -1.29. The molecule has 0 amide bonds. The summed E-state index contributed by atoms with van der Waals surface area (Å²) in [6, 6.07) is 0. The lowest BCUT2D eigenvalue weighted by molar-refractivity contribution is -0.308. The van der Waals surface area contributed by atoms with Crippen LogP contribution in [0, 0.1) is 0 Å². The molecule has 0 unspecified atom stereocenters. The first-order valence-corrected chi connectivity index (χ1v) is 9.05. The monoisotopic (exact) mass is 370 g/mol. The molecule has 0 radical (unpaired) electrons. The van der Waals surface area contributed by atoms with E-state index in [1.165, 1.54) is 0 Å². The van der Waals surface area contributed by atoms with Gasteiger partial charge in [-0.25, -0.2) is 4.79 Å². The van der Waals surface area contributed by atoms with Crippen molar-refractivity contribution in [3.8, 4) is 0 Å². The van der Waals surface area contributed by atoms with Crippen LogP contribution >= 0.6 is 0 Å². The Balaban J connectivity index is 1.77. The van der Waals surface area contributed by atoms with E-state index in [0.29, 0.717) is 18.4 Å². The van der Waals surface area contributed by atoms with E-state index in [1.54, 1.807) is 12.2 Å². The molecule has 0 spiro atoms. The first-order valence-electron chi connectivity index (χ1n) is 9.05. The molecule has 4 N–H and O–H groups in total. The van der Waals surface area contributed by atoms with Gasteiger partial charge in [0, 0.05) is 5.57 Å². The van der Waals surface area contributed by atoms with Gasteiger partial charge in [-0.1, -0.05) is 25.5 Å². The predicted octanol–water partition coefficient (Wildman–Crippen LogP) is -0.456. The molecule has 2 heterocycles. The SMILES string of the molecule is CCCC[C@@H]1OC(=O)C2=C1[C@@H](O[C@@H]1O[C@H](CO)[C@@H](O)[C@H](O)[C@H]1O)CC=C2. The van der Waals surface area contributed by atoms with Crippen molar-refractivity contribution in [2.24, 2.45) is 0 Å². The average Bonchev–Trinajstić information content (AvgIpc) is 2.97. The third kappa shape index (κ3) is 3.58. The number of aliphatic hydroxyl groups is 4. The van der Waals surface area contributed by atoms with Gasteiger partial charge in [-0.2, -0.15) is 0 Å². The molecule has 8 heteroatoms. The maximum atomic E-state index is 12.1. The van der Waals surface area contributed by atoms with Gasteiger partial charge in [0.25, 0.3) is 0 Å². The largest absolute Gasteiger partial charge is 0.454 e. The summed E-state index contributed by atoms with van der Waals surface area (Å²) in [5, 5.41) is 39.3. The highest BCUT2D eigenvalue weighted by Crippen LogP contribution is 2.37. The molecule has 2 aliphatic heterocycles.